The normalized spacial score (nSPS) is 14.2. The molecule has 0 heterocycles. The number of aliphatic hydroxyl groups excluding tert-OH is 1. The maximum Gasteiger partial charge on any atom is 0.472 e. The van der Waals surface area contributed by atoms with E-state index < -0.39 is 20.0 Å². The van der Waals surface area contributed by atoms with Gasteiger partial charge in [0.2, 0.25) is 5.91 Å². The van der Waals surface area contributed by atoms with Gasteiger partial charge in [0, 0.05) is 6.42 Å². The van der Waals surface area contributed by atoms with E-state index in [4.69, 9.17) is 9.05 Å². The first-order valence-electron chi connectivity index (χ1n) is 30.0. The van der Waals surface area contributed by atoms with Gasteiger partial charge >= 0.3 is 7.82 Å². The van der Waals surface area contributed by atoms with Crippen LogP contribution in [0, 0.1) is 0 Å². The Bertz CT molecular complexity index is 1280. The summed E-state index contributed by atoms with van der Waals surface area (Å²) < 4.78 is 23.8. The van der Waals surface area contributed by atoms with Crippen LogP contribution in [0.1, 0.15) is 284 Å². The fourth-order valence-electron chi connectivity index (χ4n) is 8.92. The molecule has 1 amide bonds. The highest BCUT2D eigenvalue weighted by molar-refractivity contribution is 7.47. The van der Waals surface area contributed by atoms with Crippen LogP contribution in [0.25, 0.3) is 0 Å². The molecule has 0 aliphatic rings. The third-order valence-corrected chi connectivity index (χ3v) is 14.6. The number of nitrogens with one attached hydrogen (secondary N) is 1. The molecule has 3 atom stereocenters. The zero-order valence-electron chi connectivity index (χ0n) is 47.0. The molecule has 0 bridgehead atoms. The first kappa shape index (κ1) is 68.5. The summed E-state index contributed by atoms with van der Waals surface area (Å²) in [6, 6.07) is -0.764. The number of phosphoric acid groups is 1. The second-order valence-electron chi connectivity index (χ2n) is 21.7. The number of unbranched alkanes of at least 4 members (excludes halogenated alkanes) is 34. The lowest BCUT2D eigenvalue weighted by Crippen LogP contribution is -2.46. The molecule has 3 unspecified atom stereocenters. The zero-order valence-corrected chi connectivity index (χ0v) is 47.9. The van der Waals surface area contributed by atoms with Gasteiger partial charge in [-0.3, -0.25) is 13.8 Å². The Morgan fingerprint density at radius 3 is 1.26 bits per heavy atom. The highest BCUT2D eigenvalue weighted by Crippen LogP contribution is 2.43. The monoisotopic (exact) mass is 1010 g/mol. The molecule has 412 valence electrons. The summed E-state index contributed by atoms with van der Waals surface area (Å²) >= 11 is 0. The SMILES string of the molecule is CC/C=C\C/C=C\C/C=C\C/C=C\CCCCCCCCCCCCCCC(=O)NC(COP(=O)(O)OCC[N+](C)(C)C)C(O)CCCCCCCCCCCCCCCCCCCCCCCCC. The molecule has 0 radical (unpaired) electrons. The van der Waals surface area contributed by atoms with E-state index in [1.165, 1.54) is 193 Å². The molecular formula is C61H118N2O6P+. The van der Waals surface area contributed by atoms with Gasteiger partial charge < -0.3 is 19.8 Å². The Kier molecular flexibility index (Phi) is 51.2. The first-order valence-corrected chi connectivity index (χ1v) is 31.5. The predicted molar refractivity (Wildman–Crippen MR) is 304 cm³/mol. The minimum absolute atomic E-state index is 0.0740. The quantitative estimate of drug-likeness (QED) is 0.0243. The molecule has 0 aromatic heterocycles. The topological polar surface area (TPSA) is 105 Å². The summed E-state index contributed by atoms with van der Waals surface area (Å²) in [5.74, 6) is -0.144. The van der Waals surface area contributed by atoms with Crippen LogP contribution in [0.3, 0.4) is 0 Å². The molecule has 70 heavy (non-hydrogen) atoms. The number of amides is 1. The van der Waals surface area contributed by atoms with Crippen molar-refractivity contribution in [1.29, 1.82) is 0 Å². The maximum atomic E-state index is 13.0. The van der Waals surface area contributed by atoms with Gasteiger partial charge in [-0.2, -0.15) is 0 Å². The van der Waals surface area contributed by atoms with Crippen molar-refractivity contribution in [3.8, 4) is 0 Å². The van der Waals surface area contributed by atoms with Gasteiger partial charge in [-0.05, 0) is 51.4 Å². The van der Waals surface area contributed by atoms with E-state index in [1.807, 2.05) is 21.1 Å². The minimum atomic E-state index is -4.33. The van der Waals surface area contributed by atoms with E-state index >= 15 is 0 Å². The average molecular weight is 1010 g/mol. The van der Waals surface area contributed by atoms with Crippen molar-refractivity contribution in [2.75, 3.05) is 40.9 Å². The number of phosphoric ester groups is 1. The Balaban J connectivity index is 4.14. The molecule has 0 aromatic carbocycles. The lowest BCUT2D eigenvalue weighted by molar-refractivity contribution is -0.870. The van der Waals surface area contributed by atoms with Gasteiger partial charge in [0.05, 0.1) is 39.9 Å². The summed E-state index contributed by atoms with van der Waals surface area (Å²) in [5.41, 5.74) is 0. The third-order valence-electron chi connectivity index (χ3n) is 13.6. The van der Waals surface area contributed by atoms with Crippen molar-refractivity contribution in [2.24, 2.45) is 0 Å². The van der Waals surface area contributed by atoms with Crippen molar-refractivity contribution < 1.29 is 32.9 Å². The second-order valence-corrected chi connectivity index (χ2v) is 23.2. The lowest BCUT2D eigenvalue weighted by atomic mass is 10.0. The number of likely N-dealkylation sites (N-methyl/N-ethyl adjacent to an activating group) is 1. The summed E-state index contributed by atoms with van der Waals surface area (Å²) in [6.07, 6.45) is 68.8. The molecule has 0 aliphatic heterocycles. The van der Waals surface area contributed by atoms with Gasteiger partial charge in [-0.1, -0.05) is 274 Å². The van der Waals surface area contributed by atoms with E-state index in [-0.39, 0.29) is 19.1 Å². The van der Waals surface area contributed by atoms with E-state index in [0.29, 0.717) is 23.9 Å². The number of hydrogen-bond donors (Lipinski definition) is 3. The van der Waals surface area contributed by atoms with Crippen LogP contribution < -0.4 is 5.32 Å². The van der Waals surface area contributed by atoms with Crippen LogP contribution in [0.4, 0.5) is 0 Å². The number of hydrogen-bond acceptors (Lipinski definition) is 5. The molecule has 0 aliphatic carbocycles. The smallest absolute Gasteiger partial charge is 0.391 e. The molecule has 0 spiro atoms. The molecule has 8 nitrogen and oxygen atoms in total. The number of carbonyl (C=O) groups excluding carboxylic acids is 1. The number of allylic oxidation sites excluding steroid dienone is 8. The number of rotatable bonds is 55. The van der Waals surface area contributed by atoms with Gasteiger partial charge in [-0.25, -0.2) is 4.57 Å². The van der Waals surface area contributed by atoms with Crippen LogP contribution in [0.15, 0.2) is 48.6 Å². The number of quaternary nitrogens is 1. The van der Waals surface area contributed by atoms with Crippen LogP contribution in [0.5, 0.6) is 0 Å². The zero-order chi connectivity index (χ0) is 51.3. The molecule has 0 aromatic rings. The predicted octanol–water partition coefficient (Wildman–Crippen LogP) is 18.3. The Morgan fingerprint density at radius 1 is 0.500 bits per heavy atom. The van der Waals surface area contributed by atoms with Crippen LogP contribution in [0.2, 0.25) is 0 Å². The maximum absolute atomic E-state index is 13.0. The summed E-state index contributed by atoms with van der Waals surface area (Å²) in [4.78, 5) is 23.4. The van der Waals surface area contributed by atoms with Gasteiger partial charge in [0.25, 0.3) is 0 Å². The van der Waals surface area contributed by atoms with Crippen LogP contribution >= 0.6 is 7.82 Å². The average Bonchev–Trinajstić information content (AvgIpc) is 3.32. The number of aliphatic hydroxyl groups is 1. The first-order chi connectivity index (χ1) is 34.0. The number of carbonyl (C=O) groups is 1. The summed E-state index contributed by atoms with van der Waals surface area (Å²) in [6.45, 7) is 4.81. The highest BCUT2D eigenvalue weighted by atomic mass is 31.2. The van der Waals surface area contributed by atoms with Crippen molar-refractivity contribution in [3.05, 3.63) is 48.6 Å². The fraction of sp³-hybridized carbons (Fsp3) is 0.852. The standard InChI is InChI=1S/C61H117N2O6P/c1-6-8-10-12-14-16-18-20-22-24-26-28-30-31-33-35-37-39-41-43-45-47-49-51-53-55-61(65)62-59(58-69-70(66,67)68-57-56-63(3,4)5)60(64)54-52-50-48-46-44-42-40-38-36-34-32-29-27-25-23-21-19-17-15-13-11-9-7-2/h8,10,14,16,20,22,26,28,59-60,64H,6-7,9,11-13,15,17-19,21,23-25,27,29-58H2,1-5H3,(H-,62,65,66,67)/p+1/b10-8-,16-14-,22-20-,28-26-. The Labute approximate surface area is 435 Å². The van der Waals surface area contributed by atoms with Gasteiger partial charge in [0.15, 0.2) is 0 Å². The molecule has 0 saturated heterocycles. The molecule has 3 N–H and O–H groups in total. The Morgan fingerprint density at radius 2 is 0.857 bits per heavy atom. The summed E-state index contributed by atoms with van der Waals surface area (Å²) in [7, 11) is 1.62. The minimum Gasteiger partial charge on any atom is -0.391 e. The Hall–Kier alpha value is -1.54. The second kappa shape index (κ2) is 52.3. The van der Waals surface area contributed by atoms with Crippen LogP contribution in [-0.4, -0.2) is 73.4 Å². The fourth-order valence-corrected chi connectivity index (χ4v) is 9.66. The summed E-state index contributed by atoms with van der Waals surface area (Å²) in [5, 5.41) is 14.1. The van der Waals surface area contributed by atoms with Crippen molar-refractivity contribution >= 4 is 13.7 Å². The van der Waals surface area contributed by atoms with Crippen LogP contribution in [-0.2, 0) is 18.4 Å². The van der Waals surface area contributed by atoms with E-state index in [9.17, 15) is 19.4 Å². The lowest BCUT2D eigenvalue weighted by Gasteiger charge is -2.26. The molecule has 0 rings (SSSR count). The highest BCUT2D eigenvalue weighted by Gasteiger charge is 2.28. The molecular weight excluding hydrogens is 888 g/mol. The largest absolute Gasteiger partial charge is 0.472 e. The van der Waals surface area contributed by atoms with E-state index in [2.05, 4.69) is 67.8 Å². The van der Waals surface area contributed by atoms with E-state index in [1.54, 1.807) is 0 Å². The van der Waals surface area contributed by atoms with Crippen molar-refractivity contribution in [2.45, 2.75) is 296 Å². The van der Waals surface area contributed by atoms with Crippen molar-refractivity contribution in [3.63, 3.8) is 0 Å². The van der Waals surface area contributed by atoms with Gasteiger partial charge in [0.1, 0.15) is 13.2 Å². The van der Waals surface area contributed by atoms with Gasteiger partial charge in [-0.15, -0.1) is 0 Å². The molecule has 9 heteroatoms. The van der Waals surface area contributed by atoms with Crippen molar-refractivity contribution in [1.82, 2.24) is 5.32 Å². The molecule has 0 saturated carbocycles. The third kappa shape index (κ3) is 54.2. The van der Waals surface area contributed by atoms with E-state index in [0.717, 1.165) is 64.2 Å². The molecule has 0 fully saturated rings. The number of nitrogens with zero attached hydrogens (tertiary/aromatic N) is 1.